The van der Waals surface area contributed by atoms with Gasteiger partial charge in [-0.3, -0.25) is 4.79 Å². The summed E-state index contributed by atoms with van der Waals surface area (Å²) < 4.78 is 0. The third-order valence-corrected chi connectivity index (χ3v) is 5.42. The molecule has 27 heavy (non-hydrogen) atoms. The number of aryl methyl sites for hydroxylation is 2. The molecule has 0 aliphatic rings. The Morgan fingerprint density at radius 2 is 1.93 bits per heavy atom. The number of thiophene rings is 1. The summed E-state index contributed by atoms with van der Waals surface area (Å²) in [7, 11) is 0. The van der Waals surface area contributed by atoms with Crippen LogP contribution in [0.3, 0.4) is 0 Å². The summed E-state index contributed by atoms with van der Waals surface area (Å²) in [5.74, 6) is 2.05. The Balaban J connectivity index is 1.69. The number of rotatable bonds is 7. The third kappa shape index (κ3) is 4.83. The minimum atomic E-state index is -0.0262. The number of carbonyl (C=O) groups is 1. The molecule has 0 unspecified atom stereocenters. The van der Waals surface area contributed by atoms with Gasteiger partial charge < -0.3 is 10.6 Å². The average molecular weight is 383 g/mol. The van der Waals surface area contributed by atoms with E-state index in [0.717, 1.165) is 33.8 Å². The van der Waals surface area contributed by atoms with Crippen LogP contribution < -0.4 is 10.6 Å². The first-order chi connectivity index (χ1) is 13.0. The lowest BCUT2D eigenvalue weighted by Crippen LogP contribution is -2.27. The zero-order valence-corrected chi connectivity index (χ0v) is 17.1. The van der Waals surface area contributed by atoms with E-state index in [0.29, 0.717) is 24.6 Å². The van der Waals surface area contributed by atoms with E-state index >= 15 is 0 Å². The van der Waals surface area contributed by atoms with Crippen LogP contribution in [0.25, 0.3) is 10.2 Å². The topological polar surface area (TPSA) is 66.9 Å². The molecule has 142 valence electrons. The van der Waals surface area contributed by atoms with Gasteiger partial charge in [-0.15, -0.1) is 11.3 Å². The quantitative estimate of drug-likeness (QED) is 0.629. The molecule has 0 bridgehead atoms. The van der Waals surface area contributed by atoms with E-state index in [9.17, 15) is 4.79 Å². The second kappa shape index (κ2) is 8.48. The summed E-state index contributed by atoms with van der Waals surface area (Å²) in [6.45, 7) is 9.56. The summed E-state index contributed by atoms with van der Waals surface area (Å²) >= 11 is 1.72. The maximum atomic E-state index is 12.1. The van der Waals surface area contributed by atoms with Gasteiger partial charge in [0.25, 0.3) is 5.91 Å². The van der Waals surface area contributed by atoms with Crippen LogP contribution >= 0.6 is 11.3 Å². The number of fused-ring (bicyclic) bond motifs is 1. The van der Waals surface area contributed by atoms with Gasteiger partial charge in [0.15, 0.2) is 0 Å². The summed E-state index contributed by atoms with van der Waals surface area (Å²) in [5.41, 5.74) is 1.79. The smallest absolute Gasteiger partial charge is 0.251 e. The van der Waals surface area contributed by atoms with Crippen molar-refractivity contribution in [3.05, 3.63) is 52.2 Å². The molecule has 2 heterocycles. The van der Waals surface area contributed by atoms with Gasteiger partial charge in [-0.2, -0.15) is 0 Å². The molecule has 5 nitrogen and oxygen atoms in total. The molecule has 2 N–H and O–H groups in total. The third-order valence-electron chi connectivity index (χ3n) is 4.25. The standard InChI is InChI=1S/C21H26N4OS/c1-5-17-10-18-19(24-14(4)25-21(18)27-17)22-12-15-6-8-16(9-7-15)20(26)23-11-13(2)3/h6-10,13H,5,11-12H2,1-4H3,(H,23,26)(H,22,24,25). The summed E-state index contributed by atoms with van der Waals surface area (Å²) in [4.78, 5) is 23.6. The first-order valence-corrected chi connectivity index (χ1v) is 10.2. The van der Waals surface area contributed by atoms with E-state index in [1.807, 2.05) is 31.2 Å². The van der Waals surface area contributed by atoms with Gasteiger partial charge in [-0.1, -0.05) is 32.9 Å². The van der Waals surface area contributed by atoms with E-state index in [-0.39, 0.29) is 5.91 Å². The minimum absolute atomic E-state index is 0.0262. The van der Waals surface area contributed by atoms with Crippen molar-refractivity contribution in [1.82, 2.24) is 15.3 Å². The van der Waals surface area contributed by atoms with Gasteiger partial charge in [-0.25, -0.2) is 9.97 Å². The Bertz CT molecular complexity index is 931. The van der Waals surface area contributed by atoms with Crippen LogP contribution in [0.15, 0.2) is 30.3 Å². The highest BCUT2D eigenvalue weighted by molar-refractivity contribution is 7.18. The molecular weight excluding hydrogens is 356 g/mol. The van der Waals surface area contributed by atoms with Gasteiger partial charge >= 0.3 is 0 Å². The van der Waals surface area contributed by atoms with E-state index in [4.69, 9.17) is 0 Å². The highest BCUT2D eigenvalue weighted by Gasteiger charge is 2.10. The van der Waals surface area contributed by atoms with Crippen molar-refractivity contribution >= 4 is 33.3 Å². The predicted molar refractivity (Wildman–Crippen MR) is 112 cm³/mol. The number of anilines is 1. The maximum absolute atomic E-state index is 12.1. The minimum Gasteiger partial charge on any atom is -0.365 e. The molecule has 2 aromatic heterocycles. The normalized spacial score (nSPS) is 11.1. The number of hydrogen-bond donors (Lipinski definition) is 2. The van der Waals surface area contributed by atoms with E-state index < -0.39 is 0 Å². The lowest BCUT2D eigenvalue weighted by molar-refractivity contribution is 0.0949. The van der Waals surface area contributed by atoms with Gasteiger partial charge in [0.05, 0.1) is 5.39 Å². The van der Waals surface area contributed by atoms with E-state index in [1.165, 1.54) is 4.88 Å². The van der Waals surface area contributed by atoms with Crippen LogP contribution in [0.4, 0.5) is 5.82 Å². The second-order valence-electron chi connectivity index (χ2n) is 7.06. The highest BCUT2D eigenvalue weighted by atomic mass is 32.1. The van der Waals surface area contributed by atoms with Crippen molar-refractivity contribution in [2.75, 3.05) is 11.9 Å². The Hall–Kier alpha value is -2.47. The van der Waals surface area contributed by atoms with Gasteiger partial charge in [0.2, 0.25) is 0 Å². The van der Waals surface area contributed by atoms with Crippen molar-refractivity contribution < 1.29 is 4.79 Å². The molecule has 0 saturated carbocycles. The lowest BCUT2D eigenvalue weighted by Gasteiger charge is -2.10. The maximum Gasteiger partial charge on any atom is 0.251 e. The molecule has 1 aromatic carbocycles. The molecule has 1 amide bonds. The lowest BCUT2D eigenvalue weighted by atomic mass is 10.1. The van der Waals surface area contributed by atoms with Crippen LogP contribution in [-0.2, 0) is 13.0 Å². The zero-order chi connectivity index (χ0) is 19.4. The SMILES string of the molecule is CCc1cc2c(NCc3ccc(C(=O)NCC(C)C)cc3)nc(C)nc2s1. The fourth-order valence-electron chi connectivity index (χ4n) is 2.75. The fourth-order valence-corrected chi connectivity index (χ4v) is 3.76. The van der Waals surface area contributed by atoms with Crippen molar-refractivity contribution in [3.8, 4) is 0 Å². The number of amides is 1. The molecule has 0 fully saturated rings. The fraction of sp³-hybridized carbons (Fsp3) is 0.381. The largest absolute Gasteiger partial charge is 0.365 e. The van der Waals surface area contributed by atoms with Crippen molar-refractivity contribution in [2.45, 2.75) is 40.7 Å². The van der Waals surface area contributed by atoms with Crippen molar-refractivity contribution in [1.29, 1.82) is 0 Å². The van der Waals surface area contributed by atoms with Crippen molar-refractivity contribution in [2.24, 2.45) is 5.92 Å². The summed E-state index contributed by atoms with van der Waals surface area (Å²) in [5, 5.41) is 7.44. The molecule has 3 aromatic rings. The Labute approximate surface area is 164 Å². The van der Waals surface area contributed by atoms with Crippen molar-refractivity contribution in [3.63, 3.8) is 0 Å². The Morgan fingerprint density at radius 1 is 1.19 bits per heavy atom. The Kier molecular flexibility index (Phi) is 6.06. The summed E-state index contributed by atoms with van der Waals surface area (Å²) in [6, 6.07) is 9.87. The molecule has 0 spiro atoms. The predicted octanol–water partition coefficient (Wildman–Crippen LogP) is 4.56. The molecule has 0 aliphatic carbocycles. The zero-order valence-electron chi connectivity index (χ0n) is 16.3. The molecule has 0 radical (unpaired) electrons. The number of aromatic nitrogens is 2. The highest BCUT2D eigenvalue weighted by Crippen LogP contribution is 2.29. The number of nitrogens with one attached hydrogen (secondary N) is 2. The van der Waals surface area contributed by atoms with Crippen LogP contribution in [0.2, 0.25) is 0 Å². The van der Waals surface area contributed by atoms with E-state index in [1.54, 1.807) is 11.3 Å². The molecular formula is C21H26N4OS. The second-order valence-corrected chi connectivity index (χ2v) is 8.17. The number of hydrogen-bond acceptors (Lipinski definition) is 5. The monoisotopic (exact) mass is 382 g/mol. The molecule has 0 saturated heterocycles. The van der Waals surface area contributed by atoms with Crippen LogP contribution in [0, 0.1) is 12.8 Å². The van der Waals surface area contributed by atoms with E-state index in [2.05, 4.69) is 47.4 Å². The van der Waals surface area contributed by atoms with Gasteiger partial charge in [0, 0.05) is 23.5 Å². The number of benzene rings is 1. The molecule has 0 atom stereocenters. The molecule has 3 rings (SSSR count). The first kappa shape index (κ1) is 19.3. The number of carbonyl (C=O) groups excluding carboxylic acids is 1. The first-order valence-electron chi connectivity index (χ1n) is 9.34. The van der Waals surface area contributed by atoms with Crippen LogP contribution in [-0.4, -0.2) is 22.4 Å². The summed E-state index contributed by atoms with van der Waals surface area (Å²) in [6.07, 6.45) is 1.000. The molecule has 6 heteroatoms. The van der Waals surface area contributed by atoms with Crippen LogP contribution in [0.5, 0.6) is 0 Å². The van der Waals surface area contributed by atoms with Crippen LogP contribution in [0.1, 0.15) is 47.4 Å². The average Bonchev–Trinajstić information content (AvgIpc) is 3.07. The number of nitrogens with zero attached hydrogens (tertiary/aromatic N) is 2. The Morgan fingerprint density at radius 3 is 2.59 bits per heavy atom. The van der Waals surface area contributed by atoms with Gasteiger partial charge in [-0.05, 0) is 43.0 Å². The van der Waals surface area contributed by atoms with Gasteiger partial charge in [0.1, 0.15) is 16.5 Å². The molecule has 0 aliphatic heterocycles.